The molecule has 1 atom stereocenters. The summed E-state index contributed by atoms with van der Waals surface area (Å²) < 4.78 is 17.5. The maximum absolute atomic E-state index is 12.4. The largest absolute Gasteiger partial charge is 0.491 e. The molecule has 1 unspecified atom stereocenters. The maximum Gasteiger partial charge on any atom is 0.193 e. The van der Waals surface area contributed by atoms with E-state index < -0.39 is 0 Å². The van der Waals surface area contributed by atoms with Crippen LogP contribution in [-0.2, 0) is 4.74 Å². The molecule has 38 heavy (non-hydrogen) atoms. The summed E-state index contributed by atoms with van der Waals surface area (Å²) in [7, 11) is 0. The number of aliphatic imine (C=N–C) groups is 1. The fraction of sp³-hybridized carbons (Fsp3) is 0.194. The lowest BCUT2D eigenvalue weighted by Crippen LogP contribution is -2.27. The van der Waals surface area contributed by atoms with Crippen LogP contribution < -0.4 is 15.5 Å². The van der Waals surface area contributed by atoms with Gasteiger partial charge in [0.15, 0.2) is 5.43 Å². The predicted molar refractivity (Wildman–Crippen MR) is 152 cm³/mol. The van der Waals surface area contributed by atoms with E-state index in [2.05, 4.69) is 21.9 Å². The van der Waals surface area contributed by atoms with Gasteiger partial charge in [0.2, 0.25) is 0 Å². The van der Waals surface area contributed by atoms with E-state index >= 15 is 0 Å². The van der Waals surface area contributed by atoms with Gasteiger partial charge in [0.05, 0.1) is 36.0 Å². The van der Waals surface area contributed by atoms with Crippen molar-refractivity contribution in [2.45, 2.75) is 13.0 Å². The van der Waals surface area contributed by atoms with Crippen molar-refractivity contribution in [1.29, 1.82) is 0 Å². The van der Waals surface area contributed by atoms with E-state index in [-0.39, 0.29) is 11.5 Å². The Hall–Kier alpha value is -4.33. The van der Waals surface area contributed by atoms with E-state index in [1.165, 1.54) is 6.07 Å². The van der Waals surface area contributed by atoms with E-state index in [0.717, 1.165) is 17.0 Å². The van der Waals surface area contributed by atoms with Crippen molar-refractivity contribution >= 4 is 17.2 Å². The molecule has 0 aliphatic rings. The second-order valence-electron chi connectivity index (χ2n) is 8.31. The predicted octanol–water partition coefficient (Wildman–Crippen LogP) is 5.74. The zero-order valence-corrected chi connectivity index (χ0v) is 21.4. The van der Waals surface area contributed by atoms with Gasteiger partial charge in [-0.05, 0) is 61.5 Å². The van der Waals surface area contributed by atoms with Crippen molar-refractivity contribution in [2.75, 3.05) is 26.4 Å². The number of aromatic nitrogens is 1. The van der Waals surface area contributed by atoms with Gasteiger partial charge in [-0.1, -0.05) is 30.9 Å². The molecule has 7 nitrogen and oxygen atoms in total. The molecule has 7 heteroatoms. The molecule has 0 saturated carbocycles. The van der Waals surface area contributed by atoms with Crippen LogP contribution in [0.25, 0.3) is 22.3 Å². The first-order valence-corrected chi connectivity index (χ1v) is 12.5. The van der Waals surface area contributed by atoms with Gasteiger partial charge in [0, 0.05) is 30.6 Å². The number of para-hydroxylation sites is 1. The van der Waals surface area contributed by atoms with Gasteiger partial charge in [-0.25, -0.2) is 0 Å². The summed E-state index contributed by atoms with van der Waals surface area (Å²) in [6.45, 7) is 7.65. The van der Waals surface area contributed by atoms with Crippen LogP contribution in [0.15, 0.2) is 118 Å². The highest BCUT2D eigenvalue weighted by Crippen LogP contribution is 2.24. The molecule has 0 spiro atoms. The van der Waals surface area contributed by atoms with Gasteiger partial charge in [0.25, 0.3) is 0 Å². The van der Waals surface area contributed by atoms with Crippen LogP contribution in [0.1, 0.15) is 18.7 Å². The van der Waals surface area contributed by atoms with Crippen molar-refractivity contribution in [3.63, 3.8) is 0 Å². The van der Waals surface area contributed by atoms with Crippen molar-refractivity contribution < 1.29 is 13.9 Å². The van der Waals surface area contributed by atoms with Crippen LogP contribution in [0.3, 0.4) is 0 Å². The lowest BCUT2D eigenvalue weighted by molar-refractivity contribution is 0.101. The molecule has 0 fully saturated rings. The summed E-state index contributed by atoms with van der Waals surface area (Å²) >= 11 is 0. The first kappa shape index (κ1) is 26.7. The number of nitrogens with zero attached hydrogens (tertiary/aromatic N) is 2. The number of fused-ring (bicyclic) bond motifs is 1. The molecule has 2 heterocycles. The van der Waals surface area contributed by atoms with E-state index in [1.807, 2.05) is 67.6 Å². The molecule has 0 aliphatic heterocycles. The highest BCUT2D eigenvalue weighted by atomic mass is 16.5. The van der Waals surface area contributed by atoms with Crippen LogP contribution in [0.5, 0.6) is 5.75 Å². The lowest BCUT2D eigenvalue weighted by Gasteiger charge is -2.19. The molecule has 2 aromatic carbocycles. The fourth-order valence-electron chi connectivity index (χ4n) is 3.95. The molecule has 4 rings (SSSR count). The van der Waals surface area contributed by atoms with Crippen LogP contribution in [0, 0.1) is 0 Å². The number of nitrogens with one attached hydrogen (secondary N) is 1. The van der Waals surface area contributed by atoms with Crippen molar-refractivity contribution in [3.8, 4) is 17.1 Å². The highest BCUT2D eigenvalue weighted by molar-refractivity contribution is 5.78. The molecule has 0 amide bonds. The molecule has 0 aliphatic carbocycles. The molecule has 194 valence electrons. The highest BCUT2D eigenvalue weighted by Gasteiger charge is 2.16. The summed E-state index contributed by atoms with van der Waals surface area (Å²) in [5.41, 5.74) is 3.02. The molecule has 1 N–H and O–H groups in total. The molecule has 0 radical (unpaired) electrons. The summed E-state index contributed by atoms with van der Waals surface area (Å²) in [5, 5.41) is 4.03. The van der Waals surface area contributed by atoms with Gasteiger partial charge in [-0.15, -0.1) is 0 Å². The minimum absolute atomic E-state index is 0.0637. The van der Waals surface area contributed by atoms with Gasteiger partial charge in [-0.3, -0.25) is 14.8 Å². The summed E-state index contributed by atoms with van der Waals surface area (Å²) in [4.78, 5) is 21.3. The average molecular weight is 510 g/mol. The molecule has 2 aromatic heterocycles. The van der Waals surface area contributed by atoms with Crippen LogP contribution in [0.4, 0.5) is 0 Å². The van der Waals surface area contributed by atoms with Gasteiger partial charge < -0.3 is 19.2 Å². The Morgan fingerprint density at radius 1 is 1.08 bits per heavy atom. The van der Waals surface area contributed by atoms with Gasteiger partial charge >= 0.3 is 0 Å². The zero-order valence-electron chi connectivity index (χ0n) is 21.4. The average Bonchev–Trinajstić information content (AvgIpc) is 2.95. The Kier molecular flexibility index (Phi) is 9.73. The van der Waals surface area contributed by atoms with E-state index in [9.17, 15) is 4.79 Å². The second-order valence-corrected chi connectivity index (χ2v) is 8.31. The van der Waals surface area contributed by atoms with Crippen LogP contribution in [0.2, 0.25) is 0 Å². The Morgan fingerprint density at radius 3 is 2.66 bits per heavy atom. The van der Waals surface area contributed by atoms with Crippen molar-refractivity contribution in [2.24, 2.45) is 4.99 Å². The number of rotatable bonds is 13. The normalized spacial score (nSPS) is 12.6. The topological polar surface area (TPSA) is 86.0 Å². The SMILES string of the molecule is C=C/C=C(\N=CC)C(NCCOCCOc1ccc(-c2cc(=O)c3ccccc3o2)cc1)c1ccccn1. The minimum Gasteiger partial charge on any atom is -0.491 e. The second kappa shape index (κ2) is 13.8. The van der Waals surface area contributed by atoms with Gasteiger partial charge in [0.1, 0.15) is 23.7 Å². The third-order valence-corrected chi connectivity index (χ3v) is 5.71. The Bertz CT molecular complexity index is 1440. The summed E-state index contributed by atoms with van der Waals surface area (Å²) in [6, 6.07) is 21.8. The Morgan fingerprint density at radius 2 is 1.89 bits per heavy atom. The third-order valence-electron chi connectivity index (χ3n) is 5.71. The number of pyridine rings is 1. The smallest absolute Gasteiger partial charge is 0.193 e. The zero-order chi connectivity index (χ0) is 26.6. The first-order valence-electron chi connectivity index (χ1n) is 12.5. The Labute approximate surface area is 222 Å². The van der Waals surface area contributed by atoms with E-state index in [1.54, 1.807) is 30.6 Å². The quantitative estimate of drug-likeness (QED) is 0.140. The summed E-state index contributed by atoms with van der Waals surface area (Å²) in [5.74, 6) is 1.24. The number of ether oxygens (including phenoxy) is 2. The number of benzene rings is 2. The minimum atomic E-state index is -0.171. The standard InChI is InChI=1S/C31H31N3O4/c1-3-9-26(32-4-2)31(27-11-7-8-17-33-27)34-18-19-36-20-21-37-24-15-13-23(14-16-24)30-22-28(35)25-10-5-6-12-29(25)38-30/h3-17,22,31,34H,1,18-21H2,2H3/b26-9-,32-4?. The molecule has 4 aromatic rings. The maximum atomic E-state index is 12.4. The number of hydrogen-bond acceptors (Lipinski definition) is 7. The lowest BCUT2D eigenvalue weighted by atomic mass is 10.1. The van der Waals surface area contributed by atoms with Gasteiger partial charge in [-0.2, -0.15) is 0 Å². The van der Waals surface area contributed by atoms with Crippen LogP contribution in [-0.4, -0.2) is 37.6 Å². The Balaban J connectivity index is 1.24. The monoisotopic (exact) mass is 509 g/mol. The van der Waals surface area contributed by atoms with Crippen molar-refractivity contribution in [1.82, 2.24) is 10.3 Å². The van der Waals surface area contributed by atoms with E-state index in [4.69, 9.17) is 13.9 Å². The number of hydrogen-bond donors (Lipinski definition) is 1. The van der Waals surface area contributed by atoms with Crippen molar-refractivity contribution in [3.05, 3.63) is 119 Å². The number of allylic oxidation sites excluding steroid dienone is 2. The van der Waals surface area contributed by atoms with Crippen LogP contribution >= 0.6 is 0 Å². The molecular weight excluding hydrogens is 478 g/mol. The van der Waals surface area contributed by atoms with E-state index in [0.29, 0.717) is 48.8 Å². The molecule has 0 saturated heterocycles. The summed E-state index contributed by atoms with van der Waals surface area (Å²) in [6.07, 6.45) is 7.12. The fourth-order valence-corrected chi connectivity index (χ4v) is 3.95. The molecular formula is C31H31N3O4. The molecule has 0 bridgehead atoms. The third kappa shape index (κ3) is 7.12. The first-order chi connectivity index (χ1) is 18.7.